The van der Waals surface area contributed by atoms with Crippen LogP contribution in [0.5, 0.6) is 0 Å². The van der Waals surface area contributed by atoms with E-state index in [-0.39, 0.29) is 6.42 Å². The quantitative estimate of drug-likeness (QED) is 0.913. The van der Waals surface area contributed by atoms with Crippen LogP contribution in [0.25, 0.3) is 11.3 Å². The van der Waals surface area contributed by atoms with Crippen LogP contribution < -0.4 is 5.73 Å². The van der Waals surface area contributed by atoms with Crippen LogP contribution in [-0.4, -0.2) is 16.8 Å². The smallest absolute Gasteiger partial charge is 0.324 e. The standard InChI is InChI=1S/C15H14F2N2O/c16-15(17,14(18)20)8-7-11-4-3-5-12(10-11)13-6-1-2-9-19-13/h1-6,9-10H,7-8H2,(H2,18,20). The van der Waals surface area contributed by atoms with Gasteiger partial charge in [0.1, 0.15) is 0 Å². The van der Waals surface area contributed by atoms with Gasteiger partial charge in [-0.1, -0.05) is 24.3 Å². The number of primary amides is 1. The lowest BCUT2D eigenvalue weighted by Crippen LogP contribution is -2.35. The van der Waals surface area contributed by atoms with Gasteiger partial charge >= 0.3 is 5.92 Å². The van der Waals surface area contributed by atoms with Crippen molar-refractivity contribution in [1.29, 1.82) is 0 Å². The van der Waals surface area contributed by atoms with E-state index in [1.54, 1.807) is 30.5 Å². The maximum Gasteiger partial charge on any atom is 0.324 e. The molecule has 2 N–H and O–H groups in total. The van der Waals surface area contributed by atoms with E-state index in [1.165, 1.54) is 0 Å². The predicted octanol–water partition coefficient (Wildman–Crippen LogP) is 2.80. The van der Waals surface area contributed by atoms with Crippen molar-refractivity contribution in [2.45, 2.75) is 18.8 Å². The van der Waals surface area contributed by atoms with Crippen LogP contribution >= 0.6 is 0 Å². The molecule has 20 heavy (non-hydrogen) atoms. The van der Waals surface area contributed by atoms with Crippen LogP contribution in [0.3, 0.4) is 0 Å². The minimum Gasteiger partial charge on any atom is -0.364 e. The van der Waals surface area contributed by atoms with Gasteiger partial charge in [-0.2, -0.15) is 8.78 Å². The molecule has 1 aromatic heterocycles. The monoisotopic (exact) mass is 276 g/mol. The molecule has 5 heteroatoms. The van der Waals surface area contributed by atoms with Crippen molar-refractivity contribution in [2.24, 2.45) is 5.73 Å². The molecule has 2 rings (SSSR count). The number of nitrogens with zero attached hydrogens (tertiary/aromatic N) is 1. The molecular weight excluding hydrogens is 262 g/mol. The summed E-state index contributed by atoms with van der Waals surface area (Å²) in [5, 5.41) is 0. The third kappa shape index (κ3) is 3.38. The number of pyridine rings is 1. The molecule has 104 valence electrons. The fourth-order valence-corrected chi connectivity index (χ4v) is 1.84. The van der Waals surface area contributed by atoms with Gasteiger partial charge in [-0.05, 0) is 30.2 Å². The van der Waals surface area contributed by atoms with E-state index in [9.17, 15) is 13.6 Å². The van der Waals surface area contributed by atoms with Crippen molar-refractivity contribution in [3.63, 3.8) is 0 Å². The van der Waals surface area contributed by atoms with Gasteiger partial charge in [-0.15, -0.1) is 0 Å². The van der Waals surface area contributed by atoms with Crippen molar-refractivity contribution in [3.8, 4) is 11.3 Å². The van der Waals surface area contributed by atoms with Crippen LogP contribution in [0.15, 0.2) is 48.7 Å². The third-order valence-corrected chi connectivity index (χ3v) is 2.98. The Morgan fingerprint density at radius 2 is 2.00 bits per heavy atom. The SMILES string of the molecule is NC(=O)C(F)(F)CCc1cccc(-c2ccccn2)c1. The molecule has 0 unspecified atom stereocenters. The molecule has 1 heterocycles. The van der Waals surface area contributed by atoms with Crippen molar-refractivity contribution in [2.75, 3.05) is 0 Å². The molecular formula is C15H14F2N2O. The Kier molecular flexibility index (Phi) is 4.08. The lowest BCUT2D eigenvalue weighted by atomic mass is 10.0. The Labute approximate surface area is 115 Å². The summed E-state index contributed by atoms with van der Waals surface area (Å²) in [6.07, 6.45) is 1.16. The molecule has 2 aromatic rings. The van der Waals surface area contributed by atoms with Gasteiger partial charge in [0.05, 0.1) is 5.69 Å². The second-order valence-corrected chi connectivity index (χ2v) is 4.48. The molecule has 1 aromatic carbocycles. The van der Waals surface area contributed by atoms with E-state index < -0.39 is 18.3 Å². The van der Waals surface area contributed by atoms with Gasteiger partial charge < -0.3 is 5.73 Å². The van der Waals surface area contributed by atoms with Crippen LogP contribution in [0.2, 0.25) is 0 Å². The van der Waals surface area contributed by atoms with Crippen molar-refractivity contribution < 1.29 is 13.6 Å². The average Bonchev–Trinajstić information content (AvgIpc) is 2.46. The maximum absolute atomic E-state index is 13.2. The number of carbonyl (C=O) groups is 1. The molecule has 0 bridgehead atoms. The van der Waals surface area contributed by atoms with E-state index in [0.717, 1.165) is 11.3 Å². The molecule has 1 amide bonds. The van der Waals surface area contributed by atoms with E-state index in [1.807, 2.05) is 18.2 Å². The number of aryl methyl sites for hydroxylation is 1. The first-order chi connectivity index (χ1) is 9.49. The number of benzene rings is 1. The predicted molar refractivity (Wildman–Crippen MR) is 72.1 cm³/mol. The van der Waals surface area contributed by atoms with Gasteiger partial charge in [0.15, 0.2) is 0 Å². The largest absolute Gasteiger partial charge is 0.364 e. The first kappa shape index (κ1) is 14.1. The molecule has 0 aliphatic rings. The molecule has 3 nitrogen and oxygen atoms in total. The van der Waals surface area contributed by atoms with Crippen LogP contribution in [0.4, 0.5) is 8.78 Å². The van der Waals surface area contributed by atoms with Crippen LogP contribution in [0, 0.1) is 0 Å². The number of aromatic nitrogens is 1. The van der Waals surface area contributed by atoms with E-state index >= 15 is 0 Å². The normalized spacial score (nSPS) is 11.3. The second kappa shape index (κ2) is 5.77. The number of amides is 1. The maximum atomic E-state index is 13.2. The van der Waals surface area contributed by atoms with E-state index in [4.69, 9.17) is 0 Å². The van der Waals surface area contributed by atoms with Gasteiger partial charge in [0, 0.05) is 18.2 Å². The highest BCUT2D eigenvalue weighted by Crippen LogP contribution is 2.23. The fraction of sp³-hybridized carbons (Fsp3) is 0.200. The van der Waals surface area contributed by atoms with E-state index in [2.05, 4.69) is 10.7 Å². The zero-order valence-corrected chi connectivity index (χ0v) is 10.7. The third-order valence-electron chi connectivity index (χ3n) is 2.98. The molecule has 0 saturated heterocycles. The summed E-state index contributed by atoms with van der Waals surface area (Å²) in [6.45, 7) is 0. The highest BCUT2D eigenvalue weighted by molar-refractivity contribution is 5.81. The Balaban J connectivity index is 2.13. The first-order valence-corrected chi connectivity index (χ1v) is 6.17. The topological polar surface area (TPSA) is 56.0 Å². The first-order valence-electron chi connectivity index (χ1n) is 6.17. The summed E-state index contributed by atoms with van der Waals surface area (Å²) < 4.78 is 26.3. The zero-order chi connectivity index (χ0) is 14.6. The summed E-state index contributed by atoms with van der Waals surface area (Å²) >= 11 is 0. The molecule has 0 radical (unpaired) electrons. The highest BCUT2D eigenvalue weighted by atomic mass is 19.3. The summed E-state index contributed by atoms with van der Waals surface area (Å²) in [6, 6.07) is 12.7. The molecule has 0 aliphatic heterocycles. The van der Waals surface area contributed by atoms with Crippen molar-refractivity contribution in [1.82, 2.24) is 4.98 Å². The minimum absolute atomic E-state index is 0.0800. The Morgan fingerprint density at radius 1 is 1.20 bits per heavy atom. The van der Waals surface area contributed by atoms with Gasteiger partial charge in [0.2, 0.25) is 0 Å². The lowest BCUT2D eigenvalue weighted by molar-refractivity contribution is -0.142. The van der Waals surface area contributed by atoms with Crippen LogP contribution in [0.1, 0.15) is 12.0 Å². The molecule has 0 atom stereocenters. The second-order valence-electron chi connectivity index (χ2n) is 4.48. The lowest BCUT2D eigenvalue weighted by Gasteiger charge is -2.12. The number of carbonyl (C=O) groups excluding carboxylic acids is 1. The number of hydrogen-bond donors (Lipinski definition) is 1. The highest BCUT2D eigenvalue weighted by Gasteiger charge is 2.35. The average molecular weight is 276 g/mol. The number of hydrogen-bond acceptors (Lipinski definition) is 2. The number of rotatable bonds is 5. The number of nitrogens with two attached hydrogens (primary N) is 1. The van der Waals surface area contributed by atoms with Gasteiger partial charge in [0.25, 0.3) is 5.91 Å². The Bertz CT molecular complexity index is 600. The van der Waals surface area contributed by atoms with Crippen molar-refractivity contribution in [3.05, 3.63) is 54.2 Å². The van der Waals surface area contributed by atoms with Gasteiger partial charge in [-0.25, -0.2) is 0 Å². The summed E-state index contributed by atoms with van der Waals surface area (Å²) in [5.41, 5.74) is 7.00. The zero-order valence-electron chi connectivity index (χ0n) is 10.7. The summed E-state index contributed by atoms with van der Waals surface area (Å²) in [7, 11) is 0. The van der Waals surface area contributed by atoms with E-state index in [0.29, 0.717) is 5.56 Å². The Hall–Kier alpha value is -2.30. The summed E-state index contributed by atoms with van der Waals surface area (Å²) in [4.78, 5) is 14.8. The minimum atomic E-state index is -3.47. The fourth-order valence-electron chi connectivity index (χ4n) is 1.84. The molecule has 0 saturated carbocycles. The number of alkyl halides is 2. The Morgan fingerprint density at radius 3 is 2.65 bits per heavy atom. The van der Waals surface area contributed by atoms with Gasteiger partial charge in [-0.3, -0.25) is 9.78 Å². The number of halogens is 2. The molecule has 0 spiro atoms. The summed E-state index contributed by atoms with van der Waals surface area (Å²) in [5.74, 6) is -5.06. The van der Waals surface area contributed by atoms with Crippen molar-refractivity contribution >= 4 is 5.91 Å². The molecule has 0 fully saturated rings. The van der Waals surface area contributed by atoms with Crippen LogP contribution in [-0.2, 0) is 11.2 Å². The molecule has 0 aliphatic carbocycles.